The van der Waals surface area contributed by atoms with Crippen molar-refractivity contribution < 1.29 is 8.42 Å². The normalized spacial score (nSPS) is 20.7. The van der Waals surface area contributed by atoms with Crippen LogP contribution in [0.1, 0.15) is 12.8 Å². The maximum absolute atomic E-state index is 12.4. The number of rotatable bonds is 3. The van der Waals surface area contributed by atoms with Crippen molar-refractivity contribution in [1.29, 1.82) is 0 Å². The van der Waals surface area contributed by atoms with E-state index in [0.717, 1.165) is 12.8 Å². The van der Waals surface area contributed by atoms with E-state index in [-0.39, 0.29) is 23.3 Å². The second-order valence-electron chi connectivity index (χ2n) is 3.99. The molecule has 1 saturated heterocycles. The lowest BCUT2D eigenvalue weighted by Crippen LogP contribution is -2.39. The highest BCUT2D eigenvalue weighted by Gasteiger charge is 2.34. The molecule has 1 aromatic rings. The first-order chi connectivity index (χ1) is 8.05. The number of halogens is 2. The molecule has 0 saturated carbocycles. The number of hydrogen-bond donors (Lipinski definition) is 1. The number of aromatic nitrogens is 1. The van der Waals surface area contributed by atoms with Gasteiger partial charge < -0.3 is 5.73 Å². The van der Waals surface area contributed by atoms with Crippen LogP contribution in [0.25, 0.3) is 0 Å². The molecular formula is C10H15BrClN3O2S. The Bertz CT molecular complexity index is 512. The zero-order valence-electron chi connectivity index (χ0n) is 9.62. The predicted octanol–water partition coefficient (Wildman–Crippen LogP) is 1.38. The van der Waals surface area contributed by atoms with Crippen LogP contribution in [0.5, 0.6) is 0 Å². The largest absolute Gasteiger partial charge is 0.329 e. The monoisotopic (exact) mass is 355 g/mol. The molecule has 0 spiro atoms. The SMILES string of the molecule is Cl.NCC1CCCN1S(=O)(=O)c1cncc(Br)c1. The summed E-state index contributed by atoms with van der Waals surface area (Å²) in [6, 6.07) is 1.48. The second-order valence-corrected chi connectivity index (χ2v) is 6.79. The van der Waals surface area contributed by atoms with Gasteiger partial charge in [0.15, 0.2) is 0 Å². The molecular weight excluding hydrogens is 342 g/mol. The molecule has 0 bridgehead atoms. The molecule has 1 atom stereocenters. The van der Waals surface area contributed by atoms with Gasteiger partial charge in [-0.3, -0.25) is 4.98 Å². The van der Waals surface area contributed by atoms with Crippen molar-refractivity contribution in [3.63, 3.8) is 0 Å². The average molecular weight is 357 g/mol. The fraction of sp³-hybridized carbons (Fsp3) is 0.500. The van der Waals surface area contributed by atoms with E-state index in [0.29, 0.717) is 17.6 Å². The molecule has 2 heterocycles. The van der Waals surface area contributed by atoms with Crippen molar-refractivity contribution in [2.24, 2.45) is 5.73 Å². The first-order valence-corrected chi connectivity index (χ1v) is 7.61. The van der Waals surface area contributed by atoms with Crippen molar-refractivity contribution >= 4 is 38.4 Å². The van der Waals surface area contributed by atoms with Gasteiger partial charge in [0, 0.05) is 36.0 Å². The molecule has 18 heavy (non-hydrogen) atoms. The number of sulfonamides is 1. The maximum Gasteiger partial charge on any atom is 0.244 e. The van der Waals surface area contributed by atoms with E-state index < -0.39 is 10.0 Å². The van der Waals surface area contributed by atoms with Crippen molar-refractivity contribution in [1.82, 2.24) is 9.29 Å². The third kappa shape index (κ3) is 3.03. The third-order valence-electron chi connectivity index (χ3n) is 2.88. The fourth-order valence-electron chi connectivity index (χ4n) is 2.03. The standard InChI is InChI=1S/C10H14BrN3O2S.ClH/c11-8-4-10(7-13-6-8)17(15,16)14-3-1-2-9(14)5-12;/h4,6-7,9H,1-3,5,12H2;1H. The molecule has 1 unspecified atom stereocenters. The van der Waals surface area contributed by atoms with Crippen LogP contribution in [-0.4, -0.2) is 36.8 Å². The summed E-state index contributed by atoms with van der Waals surface area (Å²) in [7, 11) is -3.46. The lowest BCUT2D eigenvalue weighted by molar-refractivity contribution is 0.393. The number of hydrogen-bond acceptors (Lipinski definition) is 4. The van der Waals surface area contributed by atoms with E-state index in [2.05, 4.69) is 20.9 Å². The Morgan fingerprint density at radius 1 is 1.50 bits per heavy atom. The summed E-state index contributed by atoms with van der Waals surface area (Å²) in [5.41, 5.74) is 5.60. The van der Waals surface area contributed by atoms with Gasteiger partial charge >= 0.3 is 0 Å². The molecule has 1 aliphatic rings. The van der Waals surface area contributed by atoms with Crippen LogP contribution in [0, 0.1) is 0 Å². The summed E-state index contributed by atoms with van der Waals surface area (Å²) >= 11 is 3.23. The molecule has 2 N–H and O–H groups in total. The maximum atomic E-state index is 12.4. The molecule has 8 heteroatoms. The first-order valence-electron chi connectivity index (χ1n) is 5.38. The molecule has 0 aliphatic carbocycles. The number of pyridine rings is 1. The minimum Gasteiger partial charge on any atom is -0.329 e. The van der Waals surface area contributed by atoms with E-state index in [4.69, 9.17) is 5.73 Å². The van der Waals surface area contributed by atoms with Crippen LogP contribution in [0.4, 0.5) is 0 Å². The smallest absolute Gasteiger partial charge is 0.244 e. The van der Waals surface area contributed by atoms with Crippen LogP contribution >= 0.6 is 28.3 Å². The summed E-state index contributed by atoms with van der Waals surface area (Å²) in [5, 5.41) is 0. The lowest BCUT2D eigenvalue weighted by Gasteiger charge is -2.22. The molecule has 102 valence electrons. The molecule has 5 nitrogen and oxygen atoms in total. The van der Waals surface area contributed by atoms with Gasteiger partial charge in [-0.1, -0.05) is 0 Å². The Kier molecular flexibility index (Phi) is 5.54. The van der Waals surface area contributed by atoms with Gasteiger partial charge in [-0.25, -0.2) is 8.42 Å². The topological polar surface area (TPSA) is 76.3 Å². The summed E-state index contributed by atoms with van der Waals surface area (Å²) in [4.78, 5) is 4.10. The Balaban J connectivity index is 0.00000162. The quantitative estimate of drug-likeness (QED) is 0.887. The van der Waals surface area contributed by atoms with E-state index in [1.807, 2.05) is 0 Å². The van der Waals surface area contributed by atoms with Crippen LogP contribution in [0.2, 0.25) is 0 Å². The zero-order valence-corrected chi connectivity index (χ0v) is 12.8. The second kappa shape index (κ2) is 6.29. The summed E-state index contributed by atoms with van der Waals surface area (Å²) in [6.07, 6.45) is 4.62. The Hall–Kier alpha value is -0.210. The Morgan fingerprint density at radius 2 is 2.22 bits per heavy atom. The highest BCUT2D eigenvalue weighted by molar-refractivity contribution is 9.10. The Labute approximate surface area is 121 Å². The molecule has 0 aromatic carbocycles. The van der Waals surface area contributed by atoms with Crippen LogP contribution < -0.4 is 5.73 Å². The third-order valence-corrected chi connectivity index (χ3v) is 5.23. The van der Waals surface area contributed by atoms with Gasteiger partial charge in [-0.15, -0.1) is 12.4 Å². The van der Waals surface area contributed by atoms with Gasteiger partial charge in [0.1, 0.15) is 4.90 Å². The van der Waals surface area contributed by atoms with Crippen LogP contribution in [0.15, 0.2) is 27.8 Å². The molecule has 0 radical (unpaired) electrons. The highest BCUT2D eigenvalue weighted by Crippen LogP contribution is 2.26. The minimum absolute atomic E-state index is 0. The number of nitrogens with two attached hydrogens (primary N) is 1. The molecule has 1 aliphatic heterocycles. The van der Waals surface area contributed by atoms with Crippen LogP contribution in [-0.2, 0) is 10.0 Å². The minimum atomic E-state index is -3.46. The molecule has 2 rings (SSSR count). The van der Waals surface area contributed by atoms with Gasteiger partial charge in [-0.05, 0) is 34.8 Å². The van der Waals surface area contributed by atoms with E-state index in [1.54, 1.807) is 12.3 Å². The van der Waals surface area contributed by atoms with E-state index >= 15 is 0 Å². The summed E-state index contributed by atoms with van der Waals surface area (Å²) in [6.45, 7) is 0.900. The van der Waals surface area contributed by atoms with Crippen molar-refractivity contribution in [2.45, 2.75) is 23.8 Å². The van der Waals surface area contributed by atoms with Crippen LogP contribution in [0.3, 0.4) is 0 Å². The fourth-order valence-corrected chi connectivity index (χ4v) is 4.24. The van der Waals surface area contributed by atoms with E-state index in [1.165, 1.54) is 10.5 Å². The van der Waals surface area contributed by atoms with Crippen molar-refractivity contribution in [3.8, 4) is 0 Å². The van der Waals surface area contributed by atoms with Gasteiger partial charge in [0.25, 0.3) is 0 Å². The van der Waals surface area contributed by atoms with Crippen molar-refractivity contribution in [2.75, 3.05) is 13.1 Å². The summed E-state index contributed by atoms with van der Waals surface area (Å²) < 4.78 is 26.9. The first kappa shape index (κ1) is 15.8. The zero-order chi connectivity index (χ0) is 12.5. The lowest BCUT2D eigenvalue weighted by atomic mass is 10.2. The van der Waals surface area contributed by atoms with Gasteiger partial charge in [-0.2, -0.15) is 4.31 Å². The molecule has 1 fully saturated rings. The molecule has 1 aromatic heterocycles. The average Bonchev–Trinajstić information content (AvgIpc) is 2.77. The van der Waals surface area contributed by atoms with Gasteiger partial charge in [0.05, 0.1) is 0 Å². The predicted molar refractivity (Wildman–Crippen MR) is 75.2 cm³/mol. The summed E-state index contributed by atoms with van der Waals surface area (Å²) in [5.74, 6) is 0. The molecule has 0 amide bonds. The van der Waals surface area contributed by atoms with E-state index in [9.17, 15) is 8.42 Å². The van der Waals surface area contributed by atoms with Gasteiger partial charge in [0.2, 0.25) is 10.0 Å². The highest BCUT2D eigenvalue weighted by atomic mass is 79.9. The Morgan fingerprint density at radius 3 is 2.83 bits per heavy atom. The number of nitrogens with zero attached hydrogens (tertiary/aromatic N) is 2. The van der Waals surface area contributed by atoms with Crippen molar-refractivity contribution in [3.05, 3.63) is 22.9 Å².